The first-order chi connectivity index (χ1) is 7.67. The summed E-state index contributed by atoms with van der Waals surface area (Å²) in [4.78, 5) is 0. The second kappa shape index (κ2) is 5.61. The van der Waals surface area contributed by atoms with Crippen LogP contribution in [0.4, 0.5) is 0 Å². The Morgan fingerprint density at radius 2 is 1.65 bits per heavy atom. The van der Waals surface area contributed by atoms with E-state index in [9.17, 15) is 0 Å². The molecule has 17 heavy (non-hydrogen) atoms. The van der Waals surface area contributed by atoms with E-state index in [4.69, 9.17) is 15.2 Å². The van der Waals surface area contributed by atoms with E-state index in [1.165, 1.54) is 12.8 Å². The lowest BCUT2D eigenvalue weighted by Crippen LogP contribution is -2.15. The van der Waals surface area contributed by atoms with Crippen molar-refractivity contribution in [1.29, 1.82) is 0 Å². The molecule has 0 amide bonds. The predicted molar refractivity (Wildman–Crippen MR) is 71.2 cm³/mol. The molecule has 0 saturated heterocycles. The van der Waals surface area contributed by atoms with Crippen LogP contribution in [-0.4, -0.2) is 14.2 Å². The van der Waals surface area contributed by atoms with Crippen LogP contribution < -0.4 is 15.2 Å². The highest BCUT2D eigenvalue weighted by molar-refractivity contribution is 5.85. The monoisotopic (exact) mass is 257 g/mol. The largest absolute Gasteiger partial charge is 0.496 e. The number of aryl methyl sites for hydroxylation is 1. The Kier molecular flexibility index (Phi) is 4.66. The Morgan fingerprint density at radius 1 is 1.18 bits per heavy atom. The summed E-state index contributed by atoms with van der Waals surface area (Å²) in [5, 5.41) is 0. The average Bonchev–Trinajstić information content (AvgIpc) is 3.10. The van der Waals surface area contributed by atoms with Gasteiger partial charge >= 0.3 is 0 Å². The molecule has 0 aliphatic heterocycles. The molecule has 96 valence electrons. The fourth-order valence-corrected chi connectivity index (χ4v) is 2.09. The Bertz CT molecular complexity index is 366. The topological polar surface area (TPSA) is 44.5 Å². The molecule has 1 aliphatic carbocycles. The molecule has 1 fully saturated rings. The molecular weight excluding hydrogens is 238 g/mol. The van der Waals surface area contributed by atoms with Gasteiger partial charge in [-0.2, -0.15) is 0 Å². The maximum absolute atomic E-state index is 6.24. The van der Waals surface area contributed by atoms with E-state index in [1.54, 1.807) is 14.2 Å². The summed E-state index contributed by atoms with van der Waals surface area (Å²) in [6, 6.07) is 4.06. The molecule has 1 aromatic rings. The van der Waals surface area contributed by atoms with Crippen molar-refractivity contribution in [2.24, 2.45) is 11.7 Å². The fraction of sp³-hybridized carbons (Fsp3) is 0.538. The Balaban J connectivity index is 0.00000144. The van der Waals surface area contributed by atoms with E-state index in [0.29, 0.717) is 5.92 Å². The van der Waals surface area contributed by atoms with Gasteiger partial charge in [0.2, 0.25) is 0 Å². The molecule has 0 unspecified atom stereocenters. The third-order valence-corrected chi connectivity index (χ3v) is 3.15. The lowest BCUT2D eigenvalue weighted by atomic mass is 9.99. The van der Waals surface area contributed by atoms with Crippen molar-refractivity contribution >= 4 is 12.4 Å². The maximum atomic E-state index is 6.24. The first-order valence-electron chi connectivity index (χ1n) is 5.65. The minimum absolute atomic E-state index is 0. The lowest BCUT2D eigenvalue weighted by Gasteiger charge is -2.19. The quantitative estimate of drug-likeness (QED) is 0.902. The Hall–Kier alpha value is -0.930. The van der Waals surface area contributed by atoms with E-state index >= 15 is 0 Å². The molecule has 1 saturated carbocycles. The summed E-state index contributed by atoms with van der Waals surface area (Å²) in [7, 11) is 3.36. The maximum Gasteiger partial charge on any atom is 0.127 e. The van der Waals surface area contributed by atoms with Gasteiger partial charge in [-0.3, -0.25) is 0 Å². The van der Waals surface area contributed by atoms with E-state index in [1.807, 2.05) is 19.1 Å². The van der Waals surface area contributed by atoms with Gasteiger partial charge in [-0.1, -0.05) is 0 Å². The van der Waals surface area contributed by atoms with Crippen molar-refractivity contribution in [3.63, 3.8) is 0 Å². The van der Waals surface area contributed by atoms with Gasteiger partial charge in [0.15, 0.2) is 0 Å². The van der Waals surface area contributed by atoms with Crippen LogP contribution >= 0.6 is 12.4 Å². The van der Waals surface area contributed by atoms with Crippen LogP contribution in [0.3, 0.4) is 0 Å². The molecule has 0 aromatic heterocycles. The van der Waals surface area contributed by atoms with Crippen LogP contribution in [-0.2, 0) is 0 Å². The third-order valence-electron chi connectivity index (χ3n) is 3.15. The molecule has 1 atom stereocenters. The standard InChI is InChI=1S/C13H19NO2.ClH/c1-8-6-10(15-2)12(11(7-8)16-3)13(14)9-4-5-9;/h6-7,9,13H,4-5,14H2,1-3H3;1H/t13-;/m1./s1. The minimum atomic E-state index is 0. The molecule has 0 radical (unpaired) electrons. The average molecular weight is 258 g/mol. The summed E-state index contributed by atoms with van der Waals surface area (Å²) in [6.07, 6.45) is 2.42. The number of benzene rings is 1. The first-order valence-corrected chi connectivity index (χ1v) is 5.65. The first kappa shape index (κ1) is 14.1. The van der Waals surface area contributed by atoms with Crippen LogP contribution in [0.1, 0.15) is 30.0 Å². The van der Waals surface area contributed by atoms with Gasteiger partial charge in [0, 0.05) is 6.04 Å². The van der Waals surface area contributed by atoms with Gasteiger partial charge < -0.3 is 15.2 Å². The van der Waals surface area contributed by atoms with Crippen LogP contribution in [0, 0.1) is 12.8 Å². The molecule has 0 spiro atoms. The van der Waals surface area contributed by atoms with Crippen molar-refractivity contribution < 1.29 is 9.47 Å². The summed E-state index contributed by atoms with van der Waals surface area (Å²) in [6.45, 7) is 2.03. The van der Waals surface area contributed by atoms with Crippen molar-refractivity contribution in [2.75, 3.05) is 14.2 Å². The molecule has 0 bridgehead atoms. The van der Waals surface area contributed by atoms with Crippen LogP contribution in [0.2, 0.25) is 0 Å². The molecule has 4 heteroatoms. The predicted octanol–water partition coefficient (Wildman–Crippen LogP) is 2.84. The number of hydrogen-bond acceptors (Lipinski definition) is 3. The molecule has 2 N–H and O–H groups in total. The minimum Gasteiger partial charge on any atom is -0.496 e. The summed E-state index contributed by atoms with van der Waals surface area (Å²) >= 11 is 0. The van der Waals surface area contributed by atoms with Gasteiger partial charge in [0.1, 0.15) is 11.5 Å². The molecule has 2 rings (SSSR count). The molecule has 1 aliphatic rings. The number of halogens is 1. The van der Waals surface area contributed by atoms with Crippen LogP contribution in [0.15, 0.2) is 12.1 Å². The fourth-order valence-electron chi connectivity index (χ4n) is 2.09. The molecular formula is C13H20ClNO2. The van der Waals surface area contributed by atoms with Gasteiger partial charge in [-0.05, 0) is 43.4 Å². The number of hydrogen-bond donors (Lipinski definition) is 1. The normalized spacial score (nSPS) is 16.0. The number of methoxy groups -OCH3 is 2. The highest BCUT2D eigenvalue weighted by Crippen LogP contribution is 2.45. The van der Waals surface area contributed by atoms with Crippen molar-refractivity contribution in [1.82, 2.24) is 0 Å². The van der Waals surface area contributed by atoms with E-state index in [-0.39, 0.29) is 18.4 Å². The van der Waals surface area contributed by atoms with Crippen molar-refractivity contribution in [2.45, 2.75) is 25.8 Å². The molecule has 1 aromatic carbocycles. The highest BCUT2D eigenvalue weighted by atomic mass is 35.5. The van der Waals surface area contributed by atoms with Crippen molar-refractivity contribution in [3.8, 4) is 11.5 Å². The molecule has 0 heterocycles. The summed E-state index contributed by atoms with van der Waals surface area (Å²) < 4.78 is 10.8. The second-order valence-corrected chi connectivity index (χ2v) is 4.45. The van der Waals surface area contributed by atoms with Gasteiger partial charge in [-0.25, -0.2) is 0 Å². The highest BCUT2D eigenvalue weighted by Gasteiger charge is 2.33. The smallest absolute Gasteiger partial charge is 0.127 e. The zero-order valence-electron chi connectivity index (χ0n) is 10.5. The van der Waals surface area contributed by atoms with Gasteiger partial charge in [0.25, 0.3) is 0 Å². The zero-order chi connectivity index (χ0) is 11.7. The van der Waals surface area contributed by atoms with Crippen LogP contribution in [0.5, 0.6) is 11.5 Å². The summed E-state index contributed by atoms with van der Waals surface area (Å²) in [5.74, 6) is 2.28. The van der Waals surface area contributed by atoms with E-state index in [0.717, 1.165) is 22.6 Å². The SMILES string of the molecule is COc1cc(C)cc(OC)c1[C@H](N)C1CC1.Cl. The third kappa shape index (κ3) is 2.85. The summed E-state index contributed by atoms with van der Waals surface area (Å²) in [5.41, 5.74) is 8.38. The molecule has 3 nitrogen and oxygen atoms in total. The van der Waals surface area contributed by atoms with Gasteiger partial charge in [-0.15, -0.1) is 12.4 Å². The van der Waals surface area contributed by atoms with E-state index in [2.05, 4.69) is 0 Å². The van der Waals surface area contributed by atoms with E-state index < -0.39 is 0 Å². The zero-order valence-corrected chi connectivity index (χ0v) is 11.3. The lowest BCUT2D eigenvalue weighted by molar-refractivity contribution is 0.374. The number of rotatable bonds is 4. The van der Waals surface area contributed by atoms with Gasteiger partial charge in [0.05, 0.1) is 19.8 Å². The Morgan fingerprint density at radius 3 is 2.00 bits per heavy atom. The van der Waals surface area contributed by atoms with Crippen molar-refractivity contribution in [3.05, 3.63) is 23.3 Å². The number of ether oxygens (including phenoxy) is 2. The Labute approximate surface area is 109 Å². The number of nitrogens with two attached hydrogens (primary N) is 1. The van der Waals surface area contributed by atoms with Crippen LogP contribution in [0.25, 0.3) is 0 Å². The second-order valence-electron chi connectivity index (χ2n) is 4.45.